The van der Waals surface area contributed by atoms with Crippen molar-refractivity contribution in [1.29, 1.82) is 0 Å². The molecule has 2 atom stereocenters. The van der Waals surface area contributed by atoms with Gasteiger partial charge in [0.1, 0.15) is 0 Å². The summed E-state index contributed by atoms with van der Waals surface area (Å²) in [5, 5.41) is 7.67. The summed E-state index contributed by atoms with van der Waals surface area (Å²) in [6, 6.07) is 4.33. The molecule has 2 aromatic heterocycles. The second-order valence-corrected chi connectivity index (χ2v) is 7.55. The van der Waals surface area contributed by atoms with E-state index in [1.165, 1.54) is 0 Å². The zero-order chi connectivity index (χ0) is 14.7. The van der Waals surface area contributed by atoms with Crippen LogP contribution in [0.3, 0.4) is 0 Å². The Bertz CT molecular complexity index is 586. The topological polar surface area (TPSA) is 60.2 Å². The van der Waals surface area contributed by atoms with Crippen LogP contribution in [0.25, 0.3) is 10.7 Å². The Kier molecular flexibility index (Phi) is 5.05. The van der Waals surface area contributed by atoms with Gasteiger partial charge in [0.25, 0.3) is 0 Å². The van der Waals surface area contributed by atoms with E-state index in [1.54, 1.807) is 11.3 Å². The van der Waals surface area contributed by atoms with Crippen LogP contribution in [0.1, 0.15) is 31.6 Å². The fourth-order valence-corrected chi connectivity index (χ4v) is 3.79. The third kappa shape index (κ3) is 3.53. The minimum Gasteiger partial charge on any atom is -0.381 e. The van der Waals surface area contributed by atoms with Crippen LogP contribution in [0, 0.1) is 0 Å². The van der Waals surface area contributed by atoms with Crippen LogP contribution in [0.15, 0.2) is 20.4 Å². The lowest BCUT2D eigenvalue weighted by molar-refractivity contribution is 0.0498. The van der Waals surface area contributed by atoms with Gasteiger partial charge in [-0.15, -0.1) is 11.3 Å². The van der Waals surface area contributed by atoms with Crippen molar-refractivity contribution in [2.75, 3.05) is 19.8 Å². The molecule has 0 saturated carbocycles. The highest BCUT2D eigenvalue weighted by atomic mass is 79.9. The van der Waals surface area contributed by atoms with E-state index in [2.05, 4.69) is 38.3 Å². The molecule has 7 heteroatoms. The quantitative estimate of drug-likeness (QED) is 0.872. The van der Waals surface area contributed by atoms with E-state index >= 15 is 0 Å². The summed E-state index contributed by atoms with van der Waals surface area (Å²) in [5.74, 6) is 1.46. The molecule has 0 spiro atoms. The van der Waals surface area contributed by atoms with Crippen LogP contribution in [0.4, 0.5) is 0 Å². The average Bonchev–Trinajstić information content (AvgIpc) is 3.14. The smallest absolute Gasteiger partial charge is 0.234 e. The molecular weight excluding hydrogens is 354 g/mol. The number of rotatable bonds is 5. The second kappa shape index (κ2) is 7.00. The third-order valence-electron chi connectivity index (χ3n) is 3.57. The summed E-state index contributed by atoms with van der Waals surface area (Å²) in [5.41, 5.74) is 0. The van der Waals surface area contributed by atoms with Gasteiger partial charge in [0, 0.05) is 12.6 Å². The van der Waals surface area contributed by atoms with Crippen LogP contribution in [-0.4, -0.2) is 35.9 Å². The number of aromatic nitrogens is 2. The maximum absolute atomic E-state index is 5.59. The molecule has 0 bridgehead atoms. The fraction of sp³-hybridized carbons (Fsp3) is 0.571. The molecule has 1 aliphatic heterocycles. The van der Waals surface area contributed by atoms with Crippen LogP contribution < -0.4 is 5.32 Å². The number of halogens is 1. The Hall–Kier alpha value is -0.760. The molecule has 0 radical (unpaired) electrons. The lowest BCUT2D eigenvalue weighted by Crippen LogP contribution is -2.41. The maximum atomic E-state index is 5.59. The Morgan fingerprint density at radius 2 is 2.38 bits per heavy atom. The van der Waals surface area contributed by atoms with Crippen LogP contribution in [-0.2, 0) is 4.74 Å². The molecule has 5 nitrogen and oxygen atoms in total. The van der Waals surface area contributed by atoms with Gasteiger partial charge < -0.3 is 14.6 Å². The van der Waals surface area contributed by atoms with E-state index in [-0.39, 0.29) is 5.92 Å². The molecule has 1 N–H and O–H groups in total. The molecule has 1 fully saturated rings. The third-order valence-corrected chi connectivity index (χ3v) is 5.18. The van der Waals surface area contributed by atoms with Crippen molar-refractivity contribution in [2.45, 2.75) is 31.7 Å². The number of thiophene rings is 1. The minimum absolute atomic E-state index is 0.134. The zero-order valence-corrected chi connectivity index (χ0v) is 14.2. The Morgan fingerprint density at radius 1 is 1.48 bits per heavy atom. The molecule has 0 aromatic carbocycles. The number of hydrogen-bond acceptors (Lipinski definition) is 6. The minimum atomic E-state index is 0.134. The van der Waals surface area contributed by atoms with Gasteiger partial charge in [-0.3, -0.25) is 0 Å². The van der Waals surface area contributed by atoms with Gasteiger partial charge >= 0.3 is 0 Å². The van der Waals surface area contributed by atoms with Crippen molar-refractivity contribution in [3.63, 3.8) is 0 Å². The highest BCUT2D eigenvalue weighted by Gasteiger charge is 2.31. The van der Waals surface area contributed by atoms with Gasteiger partial charge in [-0.05, 0) is 47.4 Å². The number of ether oxygens (including phenoxy) is 1. The Balaban J connectivity index is 1.77. The molecule has 1 saturated heterocycles. The second-order valence-electron chi connectivity index (χ2n) is 5.09. The molecule has 114 valence electrons. The van der Waals surface area contributed by atoms with Crippen molar-refractivity contribution in [3.8, 4) is 10.7 Å². The Morgan fingerprint density at radius 3 is 3.14 bits per heavy atom. The van der Waals surface area contributed by atoms with Gasteiger partial charge in [-0.2, -0.15) is 4.98 Å². The van der Waals surface area contributed by atoms with E-state index in [1.807, 2.05) is 12.1 Å². The first-order valence-corrected chi connectivity index (χ1v) is 8.79. The van der Waals surface area contributed by atoms with Gasteiger partial charge in [0.05, 0.1) is 21.2 Å². The molecular formula is C14H18BrN3O2S. The summed E-state index contributed by atoms with van der Waals surface area (Å²) < 4.78 is 12.1. The first kappa shape index (κ1) is 15.1. The van der Waals surface area contributed by atoms with E-state index in [4.69, 9.17) is 9.26 Å². The van der Waals surface area contributed by atoms with Crippen LogP contribution in [0.2, 0.25) is 0 Å². The van der Waals surface area contributed by atoms with Crippen LogP contribution in [0.5, 0.6) is 0 Å². The number of nitrogens with one attached hydrogen (secondary N) is 1. The summed E-state index contributed by atoms with van der Waals surface area (Å²) in [7, 11) is 0. The summed E-state index contributed by atoms with van der Waals surface area (Å²) in [6.45, 7) is 4.59. The summed E-state index contributed by atoms with van der Waals surface area (Å²) in [6.07, 6.45) is 2.09. The van der Waals surface area contributed by atoms with Crippen molar-refractivity contribution in [2.24, 2.45) is 0 Å². The zero-order valence-electron chi connectivity index (χ0n) is 11.8. The van der Waals surface area contributed by atoms with E-state index in [0.29, 0.717) is 24.4 Å². The molecule has 3 heterocycles. The first-order valence-electron chi connectivity index (χ1n) is 7.18. The van der Waals surface area contributed by atoms with Crippen LogP contribution >= 0.6 is 27.3 Å². The normalized spacial score (nSPS) is 22.6. The molecule has 1 aliphatic rings. The number of nitrogens with zero attached hydrogens (tertiary/aromatic N) is 2. The highest BCUT2D eigenvalue weighted by Crippen LogP contribution is 2.31. The Labute approximate surface area is 136 Å². The van der Waals surface area contributed by atoms with Crippen molar-refractivity contribution < 1.29 is 9.26 Å². The molecule has 2 aromatic rings. The van der Waals surface area contributed by atoms with E-state index < -0.39 is 0 Å². The van der Waals surface area contributed by atoms with E-state index in [0.717, 1.165) is 34.7 Å². The van der Waals surface area contributed by atoms with Gasteiger partial charge in [0.2, 0.25) is 11.7 Å². The molecule has 0 aliphatic carbocycles. The standard InChI is InChI=1S/C14H18BrN3O2S/c1-2-6-16-10-5-7-19-8-9(10)14-17-13(18-20-14)11-3-4-12(15)21-11/h3-4,9-10,16H,2,5-8H2,1H3. The average molecular weight is 372 g/mol. The van der Waals surface area contributed by atoms with Gasteiger partial charge in [-0.1, -0.05) is 12.1 Å². The molecule has 0 amide bonds. The van der Waals surface area contributed by atoms with E-state index in [9.17, 15) is 0 Å². The number of hydrogen-bond donors (Lipinski definition) is 1. The maximum Gasteiger partial charge on any atom is 0.234 e. The predicted molar refractivity (Wildman–Crippen MR) is 85.6 cm³/mol. The van der Waals surface area contributed by atoms with Gasteiger partial charge in [-0.25, -0.2) is 0 Å². The SMILES string of the molecule is CCCNC1CCOCC1c1nc(-c2ccc(Br)s2)no1. The van der Waals surface area contributed by atoms with Gasteiger partial charge in [0.15, 0.2) is 0 Å². The summed E-state index contributed by atoms with van der Waals surface area (Å²) in [4.78, 5) is 5.57. The lowest BCUT2D eigenvalue weighted by atomic mass is 9.95. The molecule has 3 rings (SSSR count). The van der Waals surface area contributed by atoms with Crippen molar-refractivity contribution >= 4 is 27.3 Å². The molecule has 21 heavy (non-hydrogen) atoms. The first-order chi connectivity index (χ1) is 10.3. The lowest BCUT2D eigenvalue weighted by Gasteiger charge is -2.29. The largest absolute Gasteiger partial charge is 0.381 e. The predicted octanol–water partition coefficient (Wildman–Crippen LogP) is 3.43. The highest BCUT2D eigenvalue weighted by molar-refractivity contribution is 9.11. The van der Waals surface area contributed by atoms with Crippen molar-refractivity contribution in [1.82, 2.24) is 15.5 Å². The fourth-order valence-electron chi connectivity index (χ4n) is 2.48. The summed E-state index contributed by atoms with van der Waals surface area (Å²) >= 11 is 5.05. The molecule has 2 unspecified atom stereocenters. The monoisotopic (exact) mass is 371 g/mol. The van der Waals surface area contributed by atoms with Crippen molar-refractivity contribution in [3.05, 3.63) is 21.8 Å².